The number of hydrogen-bond donors (Lipinski definition) is 5. The first-order valence-corrected chi connectivity index (χ1v) is 16.1. The van der Waals surface area contributed by atoms with Crippen LogP contribution in [0.3, 0.4) is 0 Å². The quantitative estimate of drug-likeness (QED) is 0.0483. The second kappa shape index (κ2) is 12.3. The first kappa shape index (κ1) is 31.2. The Labute approximate surface area is 250 Å². The summed E-state index contributed by atoms with van der Waals surface area (Å²) >= 11 is 3.43. The van der Waals surface area contributed by atoms with Crippen molar-refractivity contribution in [2.45, 2.75) is 43.3 Å². The monoisotopic (exact) mass is 659 g/mol. The molecule has 4 rings (SSSR count). The van der Waals surface area contributed by atoms with Gasteiger partial charge in [-0.25, -0.2) is 14.3 Å². The molecule has 0 radical (unpaired) electrons. The molecule has 2 amide bonds. The molecule has 20 heteroatoms. The zero-order valence-corrected chi connectivity index (χ0v) is 25.3. The normalized spacial score (nSPS) is 18.2. The molecule has 226 valence electrons. The number of β-lactam (4-membered cyclic amide) rings is 1. The van der Waals surface area contributed by atoms with E-state index in [1.165, 1.54) is 16.7 Å². The minimum atomic E-state index is -4.92. The maximum absolute atomic E-state index is 13.4. The van der Waals surface area contributed by atoms with Crippen LogP contribution in [0.2, 0.25) is 0 Å². The molecule has 0 aliphatic carbocycles. The number of anilines is 1. The van der Waals surface area contributed by atoms with Crippen molar-refractivity contribution in [3.63, 3.8) is 0 Å². The Morgan fingerprint density at radius 3 is 2.57 bits per heavy atom. The summed E-state index contributed by atoms with van der Waals surface area (Å²) in [5.41, 5.74) is 5.13. The lowest BCUT2D eigenvalue weighted by atomic mass is 10.0. The highest BCUT2D eigenvalue weighted by molar-refractivity contribution is 8.01. The zero-order valence-electron chi connectivity index (χ0n) is 22.1. The van der Waals surface area contributed by atoms with Gasteiger partial charge in [-0.2, -0.15) is 13.1 Å². The van der Waals surface area contributed by atoms with Crippen LogP contribution in [0, 0.1) is 12.8 Å². The summed E-state index contributed by atoms with van der Waals surface area (Å²) in [6, 6.07) is -1.58. The molecule has 0 bridgehead atoms. The SMILES string of the molecule is Cc1csc(SC[C@@H]2[C@H](NC(=O)/C(=N\OC(c3cc(=O)c(O)cn3O)C(C)C)c3csc(N)n3)C(=O)N2S(=O)(=O)O)n1. The van der Waals surface area contributed by atoms with Crippen molar-refractivity contribution in [3.05, 3.63) is 50.3 Å². The predicted octanol–water partition coefficient (Wildman–Crippen LogP) is 1.00. The number of thiazole rings is 2. The van der Waals surface area contributed by atoms with Crippen LogP contribution in [0.5, 0.6) is 5.75 Å². The molecule has 0 spiro atoms. The number of hydrogen-bond acceptors (Lipinski definition) is 15. The summed E-state index contributed by atoms with van der Waals surface area (Å²) in [6.45, 7) is 5.14. The van der Waals surface area contributed by atoms with Gasteiger partial charge in [-0.05, 0) is 12.8 Å². The molecule has 0 aromatic carbocycles. The van der Waals surface area contributed by atoms with E-state index >= 15 is 0 Å². The molecule has 4 heterocycles. The van der Waals surface area contributed by atoms with Crippen molar-refractivity contribution in [1.29, 1.82) is 0 Å². The highest BCUT2D eigenvalue weighted by Crippen LogP contribution is 2.31. The highest BCUT2D eigenvalue weighted by Gasteiger charge is 2.54. The van der Waals surface area contributed by atoms with Gasteiger partial charge >= 0.3 is 10.3 Å². The molecule has 3 aromatic rings. The van der Waals surface area contributed by atoms with E-state index in [0.29, 0.717) is 9.07 Å². The van der Waals surface area contributed by atoms with Crippen LogP contribution >= 0.6 is 34.4 Å². The van der Waals surface area contributed by atoms with E-state index in [0.717, 1.165) is 41.1 Å². The number of carbonyl (C=O) groups excluding carboxylic acids is 2. The van der Waals surface area contributed by atoms with Crippen molar-refractivity contribution in [2.24, 2.45) is 11.1 Å². The summed E-state index contributed by atoms with van der Waals surface area (Å²) < 4.78 is 34.7. The second-order valence-electron chi connectivity index (χ2n) is 9.27. The van der Waals surface area contributed by atoms with Crippen LogP contribution in [-0.2, 0) is 24.7 Å². The van der Waals surface area contributed by atoms with Crippen LogP contribution in [0.15, 0.2) is 37.3 Å². The summed E-state index contributed by atoms with van der Waals surface area (Å²) in [5.74, 6) is -3.21. The number of rotatable bonds is 11. The molecule has 1 aliphatic rings. The second-order valence-corrected chi connectivity index (χ2v) is 13.6. The van der Waals surface area contributed by atoms with E-state index in [-0.39, 0.29) is 26.6 Å². The Morgan fingerprint density at radius 2 is 2.00 bits per heavy atom. The third-order valence-corrected chi connectivity index (χ3v) is 9.72. The van der Waals surface area contributed by atoms with Crippen LogP contribution in [0.25, 0.3) is 0 Å². The van der Waals surface area contributed by atoms with E-state index in [9.17, 15) is 37.7 Å². The van der Waals surface area contributed by atoms with Crippen LogP contribution in [0.1, 0.15) is 37.0 Å². The van der Waals surface area contributed by atoms with E-state index in [1.54, 1.807) is 26.2 Å². The summed E-state index contributed by atoms with van der Waals surface area (Å²) in [7, 11) is -4.92. The first-order valence-electron chi connectivity index (χ1n) is 11.9. The van der Waals surface area contributed by atoms with Gasteiger partial charge in [0.1, 0.15) is 21.8 Å². The van der Waals surface area contributed by atoms with Gasteiger partial charge in [-0.1, -0.05) is 30.8 Å². The molecule has 16 nitrogen and oxygen atoms in total. The Bertz CT molecular complexity index is 1700. The molecule has 3 aromatic heterocycles. The van der Waals surface area contributed by atoms with Crippen LogP contribution in [-0.4, -0.2) is 77.7 Å². The molecule has 42 heavy (non-hydrogen) atoms. The minimum absolute atomic E-state index is 0.0274. The summed E-state index contributed by atoms with van der Waals surface area (Å²) in [6.07, 6.45) is -0.322. The fourth-order valence-electron chi connectivity index (χ4n) is 3.86. The van der Waals surface area contributed by atoms with Crippen LogP contribution in [0.4, 0.5) is 5.13 Å². The Kier molecular flexibility index (Phi) is 9.11. The third kappa shape index (κ3) is 6.67. The average molecular weight is 660 g/mol. The third-order valence-electron chi connectivity index (χ3n) is 5.85. The van der Waals surface area contributed by atoms with E-state index < -0.39 is 63.1 Å². The molecule has 1 aliphatic heterocycles. The van der Waals surface area contributed by atoms with Gasteiger partial charge in [-0.3, -0.25) is 18.9 Å². The Hall–Kier alpha value is -3.72. The molecular weight excluding hydrogens is 635 g/mol. The summed E-state index contributed by atoms with van der Waals surface area (Å²) in [5, 5.41) is 29.4. The van der Waals surface area contributed by atoms with Gasteiger partial charge in [0.05, 0.1) is 12.2 Å². The van der Waals surface area contributed by atoms with E-state index in [2.05, 4.69) is 20.4 Å². The number of aryl methyl sites for hydroxylation is 1. The lowest BCUT2D eigenvalue weighted by Gasteiger charge is -2.43. The minimum Gasteiger partial charge on any atom is -0.503 e. The van der Waals surface area contributed by atoms with Gasteiger partial charge in [0.2, 0.25) is 5.43 Å². The number of nitrogens with two attached hydrogens (primary N) is 1. The van der Waals surface area contributed by atoms with Crippen molar-refractivity contribution in [3.8, 4) is 5.75 Å². The topological polar surface area (TPSA) is 240 Å². The Balaban J connectivity index is 1.62. The number of aromatic hydroxyl groups is 1. The zero-order chi connectivity index (χ0) is 30.9. The van der Waals surface area contributed by atoms with Crippen molar-refractivity contribution >= 4 is 67.4 Å². The molecule has 6 N–H and O–H groups in total. The lowest BCUT2D eigenvalue weighted by molar-refractivity contribution is -0.143. The maximum Gasteiger partial charge on any atom is 0.362 e. The predicted molar refractivity (Wildman–Crippen MR) is 153 cm³/mol. The number of carbonyl (C=O) groups is 2. The van der Waals surface area contributed by atoms with Gasteiger partial charge in [0.25, 0.3) is 11.8 Å². The van der Waals surface area contributed by atoms with E-state index in [4.69, 9.17) is 10.6 Å². The van der Waals surface area contributed by atoms with Crippen molar-refractivity contribution < 1.29 is 37.7 Å². The fourth-order valence-corrected chi connectivity index (χ4v) is 7.38. The standard InChI is InChI=1S/C22H25N7O9S4/c1-9(2)18(12-4-14(30)15(31)5-28(12)34)38-27-16(11-7-39-21(23)25-11)19(32)26-17-13(29(20(17)33)42(35,36)37)8-41-22-24-10(3)6-40-22/h4-7,9,13,17-18,31,34H,8H2,1-3H3,(H2,23,25)(H,26,32)(H,35,36,37)/b27-16-/t13-,17+,18?/m1/s1. The first-order chi connectivity index (χ1) is 19.7. The number of oxime groups is 1. The average Bonchev–Trinajstić information content (AvgIpc) is 3.51. The van der Waals surface area contributed by atoms with Crippen LogP contribution < -0.4 is 16.5 Å². The molecule has 1 saturated heterocycles. The van der Waals surface area contributed by atoms with Gasteiger partial charge in [-0.15, -0.1) is 22.7 Å². The molecule has 0 saturated carbocycles. The maximum atomic E-state index is 13.4. The number of thioether (sulfide) groups is 1. The van der Waals surface area contributed by atoms with Gasteiger partial charge in [0.15, 0.2) is 22.7 Å². The highest BCUT2D eigenvalue weighted by atomic mass is 32.2. The van der Waals surface area contributed by atoms with Gasteiger partial charge in [0, 0.05) is 28.3 Å². The number of amides is 2. The number of nitrogens with zero attached hydrogens (tertiary/aromatic N) is 5. The van der Waals surface area contributed by atoms with E-state index in [1.807, 2.05) is 0 Å². The smallest absolute Gasteiger partial charge is 0.362 e. The van der Waals surface area contributed by atoms with Crippen molar-refractivity contribution in [2.75, 3.05) is 11.5 Å². The number of nitrogens with one attached hydrogen (secondary N) is 1. The van der Waals surface area contributed by atoms with Crippen molar-refractivity contribution in [1.82, 2.24) is 24.3 Å². The van der Waals surface area contributed by atoms with Gasteiger partial charge < -0.3 is 26.2 Å². The fraction of sp³-hybridized carbons (Fsp3) is 0.364. The number of aromatic nitrogens is 3. The molecule has 1 fully saturated rings. The largest absolute Gasteiger partial charge is 0.503 e. The summed E-state index contributed by atoms with van der Waals surface area (Å²) in [4.78, 5) is 52.1. The lowest BCUT2D eigenvalue weighted by Crippen LogP contribution is -2.73. The molecular formula is C22H25N7O9S4. The number of pyridine rings is 1. The molecule has 3 atom stereocenters. The number of nitrogen functional groups attached to an aromatic ring is 1. The molecule has 1 unspecified atom stereocenters. The Morgan fingerprint density at radius 1 is 1.29 bits per heavy atom.